The van der Waals surface area contributed by atoms with Crippen LogP contribution in [0.4, 0.5) is 5.69 Å². The number of nitrogens with zero attached hydrogens (tertiary/aromatic N) is 2. The van der Waals surface area contributed by atoms with Crippen LogP contribution in [0.3, 0.4) is 0 Å². The molecular formula is C20H20ClN3O2. The van der Waals surface area contributed by atoms with E-state index < -0.39 is 0 Å². The number of nitrogens with one attached hydrogen (secondary N) is 1. The third kappa shape index (κ3) is 3.41. The highest BCUT2D eigenvalue weighted by atomic mass is 35.5. The first-order valence-corrected chi connectivity index (χ1v) is 9.04. The van der Waals surface area contributed by atoms with Gasteiger partial charge in [0.2, 0.25) is 5.56 Å². The second kappa shape index (κ2) is 7.02. The van der Waals surface area contributed by atoms with Crippen molar-refractivity contribution in [3.05, 3.63) is 69.5 Å². The second-order valence-electron chi connectivity index (χ2n) is 6.49. The summed E-state index contributed by atoms with van der Waals surface area (Å²) in [5.74, 6) is 0.724. The Balaban J connectivity index is 1.44. The molecule has 1 fully saturated rings. The van der Waals surface area contributed by atoms with E-state index in [-0.39, 0.29) is 5.56 Å². The zero-order chi connectivity index (χ0) is 18.1. The van der Waals surface area contributed by atoms with E-state index in [9.17, 15) is 4.79 Å². The molecule has 134 valence electrons. The van der Waals surface area contributed by atoms with Crippen LogP contribution in [0.2, 0.25) is 5.02 Å². The van der Waals surface area contributed by atoms with E-state index in [0.717, 1.165) is 59.1 Å². The minimum atomic E-state index is -0.113. The van der Waals surface area contributed by atoms with Gasteiger partial charge < -0.3 is 14.7 Å². The molecule has 0 atom stereocenters. The smallest absolute Gasteiger partial charge is 0.248 e. The second-order valence-corrected chi connectivity index (χ2v) is 6.86. The van der Waals surface area contributed by atoms with Gasteiger partial charge in [0.05, 0.1) is 29.3 Å². The van der Waals surface area contributed by atoms with Crippen LogP contribution in [0.15, 0.2) is 53.3 Å². The molecule has 1 aliphatic heterocycles. The molecule has 2 aromatic carbocycles. The molecule has 0 spiro atoms. The summed E-state index contributed by atoms with van der Waals surface area (Å²) in [6.07, 6.45) is 0. The number of rotatable bonds is 3. The molecule has 1 N–H and O–H groups in total. The predicted octanol–water partition coefficient (Wildman–Crippen LogP) is 3.61. The third-order valence-electron chi connectivity index (χ3n) is 4.68. The topological polar surface area (TPSA) is 48.6 Å². The molecule has 0 saturated carbocycles. The van der Waals surface area contributed by atoms with Crippen molar-refractivity contribution in [1.82, 2.24) is 10.0 Å². The van der Waals surface area contributed by atoms with Gasteiger partial charge in [-0.05, 0) is 42.1 Å². The number of anilines is 1. The predicted molar refractivity (Wildman–Crippen MR) is 105 cm³/mol. The van der Waals surface area contributed by atoms with Gasteiger partial charge in [0, 0.05) is 25.2 Å². The van der Waals surface area contributed by atoms with Gasteiger partial charge in [-0.1, -0.05) is 23.7 Å². The van der Waals surface area contributed by atoms with E-state index >= 15 is 0 Å². The minimum Gasteiger partial charge on any atom is -0.406 e. The van der Waals surface area contributed by atoms with E-state index in [2.05, 4.69) is 16.0 Å². The highest BCUT2D eigenvalue weighted by Gasteiger charge is 2.20. The van der Waals surface area contributed by atoms with Gasteiger partial charge >= 0.3 is 0 Å². The Labute approximate surface area is 156 Å². The largest absolute Gasteiger partial charge is 0.406 e. The fraction of sp³-hybridized carbons (Fsp3) is 0.250. The molecule has 3 aromatic rings. The quantitative estimate of drug-likeness (QED) is 0.766. The van der Waals surface area contributed by atoms with Crippen LogP contribution in [-0.2, 0) is 0 Å². The summed E-state index contributed by atoms with van der Waals surface area (Å²) in [5, 5.41) is 3.75. The number of aromatic amines is 1. The minimum absolute atomic E-state index is 0.113. The highest BCUT2D eigenvalue weighted by molar-refractivity contribution is 6.34. The van der Waals surface area contributed by atoms with Gasteiger partial charge in [-0.3, -0.25) is 4.79 Å². The van der Waals surface area contributed by atoms with Crippen LogP contribution in [0.5, 0.6) is 5.75 Å². The number of piperazine rings is 1. The highest BCUT2D eigenvalue weighted by Crippen LogP contribution is 2.29. The van der Waals surface area contributed by atoms with E-state index in [0.29, 0.717) is 0 Å². The first-order chi connectivity index (χ1) is 12.6. The number of halogens is 1. The summed E-state index contributed by atoms with van der Waals surface area (Å²) < 4.78 is 0. The van der Waals surface area contributed by atoms with Crippen LogP contribution in [0, 0.1) is 6.92 Å². The molecule has 1 saturated heterocycles. The number of hydrogen-bond acceptors (Lipinski definition) is 4. The average molecular weight is 370 g/mol. The SMILES string of the molecule is Cc1cccc(N2CCN(Oc3ccc4ccc(=O)[nH]c4c3)CC2)c1Cl. The maximum absolute atomic E-state index is 11.5. The normalized spacial score (nSPS) is 15.4. The lowest BCUT2D eigenvalue weighted by molar-refractivity contribution is -0.0618. The number of aryl methyl sites for hydroxylation is 1. The van der Waals surface area contributed by atoms with E-state index in [1.807, 2.05) is 48.4 Å². The van der Waals surface area contributed by atoms with Crippen molar-refractivity contribution in [3.63, 3.8) is 0 Å². The molecule has 0 bridgehead atoms. The zero-order valence-corrected chi connectivity index (χ0v) is 15.3. The Morgan fingerprint density at radius 3 is 2.62 bits per heavy atom. The average Bonchev–Trinajstić information content (AvgIpc) is 2.64. The Morgan fingerprint density at radius 2 is 1.81 bits per heavy atom. The number of pyridine rings is 1. The zero-order valence-electron chi connectivity index (χ0n) is 14.5. The molecule has 0 unspecified atom stereocenters. The number of hydrogen-bond donors (Lipinski definition) is 1. The van der Waals surface area contributed by atoms with Crippen LogP contribution < -0.4 is 15.3 Å². The Kier molecular flexibility index (Phi) is 4.57. The Morgan fingerprint density at radius 1 is 1.04 bits per heavy atom. The van der Waals surface area contributed by atoms with Crippen molar-refractivity contribution >= 4 is 28.2 Å². The van der Waals surface area contributed by atoms with Crippen molar-refractivity contribution in [2.75, 3.05) is 31.1 Å². The molecule has 2 heterocycles. The van der Waals surface area contributed by atoms with E-state index in [1.165, 1.54) is 6.07 Å². The van der Waals surface area contributed by atoms with Crippen molar-refractivity contribution in [2.24, 2.45) is 0 Å². The van der Waals surface area contributed by atoms with Gasteiger partial charge in [-0.15, -0.1) is 5.06 Å². The van der Waals surface area contributed by atoms with Crippen LogP contribution in [0.25, 0.3) is 10.9 Å². The van der Waals surface area contributed by atoms with Gasteiger partial charge in [0.1, 0.15) is 5.75 Å². The number of fused-ring (bicyclic) bond motifs is 1. The van der Waals surface area contributed by atoms with E-state index in [1.54, 1.807) is 0 Å². The van der Waals surface area contributed by atoms with Crippen LogP contribution in [0.1, 0.15) is 5.56 Å². The van der Waals surface area contributed by atoms with Crippen molar-refractivity contribution in [1.29, 1.82) is 0 Å². The van der Waals surface area contributed by atoms with Crippen LogP contribution >= 0.6 is 11.6 Å². The molecular weight excluding hydrogens is 350 g/mol. The molecule has 0 radical (unpaired) electrons. The summed E-state index contributed by atoms with van der Waals surface area (Å²) >= 11 is 6.45. The third-order valence-corrected chi connectivity index (χ3v) is 5.17. The van der Waals surface area contributed by atoms with Crippen molar-refractivity contribution in [2.45, 2.75) is 6.92 Å². The lowest BCUT2D eigenvalue weighted by atomic mass is 10.2. The van der Waals surface area contributed by atoms with Gasteiger partial charge in [-0.25, -0.2) is 0 Å². The number of benzene rings is 2. The lowest BCUT2D eigenvalue weighted by Crippen LogP contribution is -2.47. The van der Waals surface area contributed by atoms with Crippen LogP contribution in [-0.4, -0.2) is 36.2 Å². The Hall–Kier alpha value is -2.50. The summed E-state index contributed by atoms with van der Waals surface area (Å²) in [6.45, 7) is 5.25. The molecule has 0 amide bonds. The molecule has 6 heteroatoms. The molecule has 1 aromatic heterocycles. The molecule has 5 nitrogen and oxygen atoms in total. The van der Waals surface area contributed by atoms with Gasteiger partial charge in [0.15, 0.2) is 0 Å². The number of H-pyrrole nitrogens is 1. The standard InChI is InChI=1S/C20H20ClN3O2/c1-14-3-2-4-18(20(14)21)23-9-11-24(12-10-23)26-16-7-5-15-6-8-19(25)22-17(15)13-16/h2-8,13H,9-12H2,1H3,(H,22,25). The monoisotopic (exact) mass is 369 g/mol. The maximum Gasteiger partial charge on any atom is 0.248 e. The first-order valence-electron chi connectivity index (χ1n) is 8.66. The summed E-state index contributed by atoms with van der Waals surface area (Å²) in [5.41, 5.74) is 2.83. The van der Waals surface area contributed by atoms with Gasteiger partial charge in [-0.2, -0.15) is 0 Å². The molecule has 4 rings (SSSR count). The lowest BCUT2D eigenvalue weighted by Gasteiger charge is -2.35. The fourth-order valence-electron chi connectivity index (χ4n) is 3.23. The van der Waals surface area contributed by atoms with E-state index in [4.69, 9.17) is 16.4 Å². The van der Waals surface area contributed by atoms with Crippen molar-refractivity contribution in [3.8, 4) is 5.75 Å². The molecule has 1 aliphatic rings. The number of hydroxylamine groups is 2. The summed E-state index contributed by atoms with van der Waals surface area (Å²) in [7, 11) is 0. The fourth-order valence-corrected chi connectivity index (χ4v) is 3.48. The molecule has 26 heavy (non-hydrogen) atoms. The molecule has 0 aliphatic carbocycles. The Bertz CT molecular complexity index is 994. The first kappa shape index (κ1) is 16.9. The summed E-state index contributed by atoms with van der Waals surface area (Å²) in [6, 6.07) is 15.2. The van der Waals surface area contributed by atoms with Crippen molar-refractivity contribution < 1.29 is 4.84 Å². The van der Waals surface area contributed by atoms with Gasteiger partial charge in [0.25, 0.3) is 0 Å². The number of aromatic nitrogens is 1. The maximum atomic E-state index is 11.5. The summed E-state index contributed by atoms with van der Waals surface area (Å²) in [4.78, 5) is 22.6.